The standard InChI is InChI=1S/C28H34N4O7/c1-16-12-32(17(2)14-33)27(35)21-10-19(29-26(34)18-4-5-18)6-8-22(21)39-25(16)13-31(3)28(36)30-20-7-9-23-24(11-20)38-15-37-23/h6-11,16-18,25,33H,4-5,12-15H2,1-3H3,(H,29,34)(H,30,36)/t16-,17-,25-/m0/s1. The van der Waals surface area contributed by atoms with Gasteiger partial charge in [0.05, 0.1) is 24.8 Å². The second kappa shape index (κ2) is 11.0. The second-order valence-corrected chi connectivity index (χ2v) is 10.5. The number of amides is 4. The van der Waals surface area contributed by atoms with Gasteiger partial charge in [-0.05, 0) is 50.1 Å². The number of carbonyl (C=O) groups excluding carboxylic acids is 3. The molecule has 39 heavy (non-hydrogen) atoms. The van der Waals surface area contributed by atoms with Gasteiger partial charge in [0.2, 0.25) is 12.7 Å². The summed E-state index contributed by atoms with van der Waals surface area (Å²) in [7, 11) is 1.67. The number of rotatable bonds is 7. The number of benzene rings is 2. The summed E-state index contributed by atoms with van der Waals surface area (Å²) in [6, 6.07) is 9.44. The van der Waals surface area contributed by atoms with E-state index in [2.05, 4.69) is 10.6 Å². The third-order valence-corrected chi connectivity index (χ3v) is 7.30. The fourth-order valence-electron chi connectivity index (χ4n) is 4.65. The van der Waals surface area contributed by atoms with Gasteiger partial charge in [-0.15, -0.1) is 0 Å². The van der Waals surface area contributed by atoms with Gasteiger partial charge in [-0.25, -0.2) is 4.79 Å². The predicted molar refractivity (Wildman–Crippen MR) is 143 cm³/mol. The van der Waals surface area contributed by atoms with Gasteiger partial charge in [0, 0.05) is 42.9 Å². The lowest BCUT2D eigenvalue weighted by Gasteiger charge is -2.38. The number of aliphatic hydroxyl groups excluding tert-OH is 1. The van der Waals surface area contributed by atoms with E-state index in [1.54, 1.807) is 55.3 Å². The molecule has 1 aliphatic carbocycles. The summed E-state index contributed by atoms with van der Waals surface area (Å²) in [6.07, 6.45) is 1.29. The first-order valence-electron chi connectivity index (χ1n) is 13.2. The lowest BCUT2D eigenvalue weighted by atomic mass is 9.99. The molecule has 0 saturated heterocycles. The number of anilines is 2. The summed E-state index contributed by atoms with van der Waals surface area (Å²) in [5.74, 6) is 1.08. The Morgan fingerprint density at radius 3 is 2.49 bits per heavy atom. The molecule has 2 aromatic carbocycles. The van der Waals surface area contributed by atoms with E-state index in [1.807, 2.05) is 6.92 Å². The Hall–Kier alpha value is -3.99. The molecule has 208 valence electrons. The fourth-order valence-corrected chi connectivity index (χ4v) is 4.65. The van der Waals surface area contributed by atoms with E-state index >= 15 is 0 Å². The first-order chi connectivity index (χ1) is 18.7. The van der Waals surface area contributed by atoms with E-state index in [1.165, 1.54) is 4.90 Å². The minimum atomic E-state index is -0.454. The number of urea groups is 1. The third kappa shape index (κ3) is 5.88. The van der Waals surface area contributed by atoms with Crippen LogP contribution in [-0.4, -0.2) is 78.4 Å². The summed E-state index contributed by atoms with van der Waals surface area (Å²) in [5.41, 5.74) is 1.39. The molecule has 0 unspecified atom stereocenters. The van der Waals surface area contributed by atoms with E-state index < -0.39 is 12.1 Å². The summed E-state index contributed by atoms with van der Waals surface area (Å²) in [6.45, 7) is 4.25. The zero-order valence-electron chi connectivity index (χ0n) is 22.3. The maximum atomic E-state index is 13.6. The van der Waals surface area contributed by atoms with Crippen molar-refractivity contribution in [2.24, 2.45) is 11.8 Å². The van der Waals surface area contributed by atoms with Gasteiger partial charge in [0.25, 0.3) is 5.91 Å². The highest BCUT2D eigenvalue weighted by Gasteiger charge is 2.35. The molecule has 1 saturated carbocycles. The molecule has 3 N–H and O–H groups in total. The van der Waals surface area contributed by atoms with E-state index in [9.17, 15) is 19.5 Å². The van der Waals surface area contributed by atoms with Gasteiger partial charge in [0.15, 0.2) is 11.5 Å². The van der Waals surface area contributed by atoms with Crippen molar-refractivity contribution < 1.29 is 33.7 Å². The smallest absolute Gasteiger partial charge is 0.321 e. The van der Waals surface area contributed by atoms with Gasteiger partial charge in [-0.3, -0.25) is 9.59 Å². The van der Waals surface area contributed by atoms with Crippen LogP contribution in [0.25, 0.3) is 0 Å². The predicted octanol–water partition coefficient (Wildman–Crippen LogP) is 3.15. The Kier molecular flexibility index (Phi) is 7.51. The van der Waals surface area contributed by atoms with E-state index in [4.69, 9.17) is 14.2 Å². The number of nitrogens with one attached hydrogen (secondary N) is 2. The monoisotopic (exact) mass is 538 g/mol. The number of ether oxygens (including phenoxy) is 3. The topological polar surface area (TPSA) is 130 Å². The minimum absolute atomic E-state index is 0.0226. The Morgan fingerprint density at radius 1 is 1.08 bits per heavy atom. The van der Waals surface area contributed by atoms with Crippen LogP contribution in [0.15, 0.2) is 36.4 Å². The van der Waals surface area contributed by atoms with Gasteiger partial charge in [-0.1, -0.05) is 6.92 Å². The van der Waals surface area contributed by atoms with Crippen LogP contribution in [0.1, 0.15) is 37.0 Å². The number of carbonyl (C=O) groups is 3. The minimum Gasteiger partial charge on any atom is -0.487 e. The largest absolute Gasteiger partial charge is 0.487 e. The average Bonchev–Trinajstić information content (AvgIpc) is 3.68. The maximum absolute atomic E-state index is 13.6. The van der Waals surface area contributed by atoms with Crippen LogP contribution < -0.4 is 24.8 Å². The van der Waals surface area contributed by atoms with Crippen LogP contribution >= 0.6 is 0 Å². The molecule has 3 atom stereocenters. The highest BCUT2D eigenvalue weighted by molar-refractivity contribution is 6.00. The highest BCUT2D eigenvalue weighted by atomic mass is 16.7. The molecule has 2 aromatic rings. The molecule has 2 aliphatic heterocycles. The van der Waals surface area contributed by atoms with Gasteiger partial charge >= 0.3 is 6.03 Å². The summed E-state index contributed by atoms with van der Waals surface area (Å²) in [5, 5.41) is 15.6. The molecule has 0 bridgehead atoms. The zero-order valence-corrected chi connectivity index (χ0v) is 22.3. The normalized spacial score (nSPS) is 20.7. The molecular formula is C28H34N4O7. The Balaban J connectivity index is 1.34. The molecule has 2 heterocycles. The van der Waals surface area contributed by atoms with Crippen LogP contribution in [0.3, 0.4) is 0 Å². The van der Waals surface area contributed by atoms with E-state index in [0.717, 1.165) is 12.8 Å². The van der Waals surface area contributed by atoms with Crippen LogP contribution in [0.5, 0.6) is 17.2 Å². The number of aliphatic hydroxyl groups is 1. The van der Waals surface area contributed by atoms with Crippen molar-refractivity contribution in [1.29, 1.82) is 0 Å². The number of likely N-dealkylation sites (N-methyl/N-ethyl adjacent to an activating group) is 1. The number of hydrogen-bond acceptors (Lipinski definition) is 7. The summed E-state index contributed by atoms with van der Waals surface area (Å²) >= 11 is 0. The van der Waals surface area contributed by atoms with Crippen molar-refractivity contribution in [2.45, 2.75) is 38.8 Å². The molecule has 11 heteroatoms. The van der Waals surface area contributed by atoms with Crippen LogP contribution in [-0.2, 0) is 4.79 Å². The van der Waals surface area contributed by atoms with Crippen molar-refractivity contribution in [3.8, 4) is 17.2 Å². The molecule has 0 radical (unpaired) electrons. The van der Waals surface area contributed by atoms with Crippen LogP contribution in [0.4, 0.5) is 16.2 Å². The highest BCUT2D eigenvalue weighted by Crippen LogP contribution is 2.35. The average molecular weight is 539 g/mol. The molecule has 0 aromatic heterocycles. The quantitative estimate of drug-likeness (QED) is 0.494. The molecule has 0 spiro atoms. The number of fused-ring (bicyclic) bond motifs is 2. The van der Waals surface area contributed by atoms with E-state index in [0.29, 0.717) is 40.7 Å². The van der Waals surface area contributed by atoms with Crippen molar-refractivity contribution in [3.63, 3.8) is 0 Å². The van der Waals surface area contributed by atoms with Gasteiger partial charge in [0.1, 0.15) is 11.9 Å². The van der Waals surface area contributed by atoms with Crippen molar-refractivity contribution in [3.05, 3.63) is 42.0 Å². The lowest BCUT2D eigenvalue weighted by Crippen LogP contribution is -2.50. The fraction of sp³-hybridized carbons (Fsp3) is 0.464. The Bertz CT molecular complexity index is 1260. The first-order valence-corrected chi connectivity index (χ1v) is 13.2. The number of nitrogens with zero attached hydrogens (tertiary/aromatic N) is 2. The van der Waals surface area contributed by atoms with Crippen LogP contribution in [0.2, 0.25) is 0 Å². The molecule has 4 amide bonds. The number of hydrogen-bond donors (Lipinski definition) is 3. The zero-order chi connectivity index (χ0) is 27.7. The first kappa shape index (κ1) is 26.6. The molecule has 11 nitrogen and oxygen atoms in total. The third-order valence-electron chi connectivity index (χ3n) is 7.30. The van der Waals surface area contributed by atoms with E-state index in [-0.39, 0.29) is 49.6 Å². The van der Waals surface area contributed by atoms with Crippen LogP contribution in [0, 0.1) is 11.8 Å². The molecular weight excluding hydrogens is 504 g/mol. The maximum Gasteiger partial charge on any atom is 0.321 e. The Morgan fingerprint density at radius 2 is 1.77 bits per heavy atom. The molecule has 1 fully saturated rings. The van der Waals surface area contributed by atoms with Gasteiger partial charge in [-0.2, -0.15) is 0 Å². The van der Waals surface area contributed by atoms with Crippen molar-refractivity contribution in [2.75, 3.05) is 44.2 Å². The molecule has 5 rings (SSSR count). The van der Waals surface area contributed by atoms with Crippen molar-refractivity contribution in [1.82, 2.24) is 9.80 Å². The molecule has 3 aliphatic rings. The second-order valence-electron chi connectivity index (χ2n) is 10.5. The summed E-state index contributed by atoms with van der Waals surface area (Å²) < 4.78 is 17.1. The van der Waals surface area contributed by atoms with Gasteiger partial charge < -0.3 is 39.8 Å². The lowest BCUT2D eigenvalue weighted by molar-refractivity contribution is -0.117. The Labute approximate surface area is 227 Å². The van der Waals surface area contributed by atoms with Crippen molar-refractivity contribution >= 4 is 29.2 Å². The summed E-state index contributed by atoms with van der Waals surface area (Å²) in [4.78, 5) is 42.0. The SMILES string of the molecule is C[C@H]1CN([C@@H](C)CO)C(=O)c2cc(NC(=O)C3CC3)ccc2O[C@H]1CN(C)C(=O)Nc1ccc2c(c1)OCO2.